The highest BCUT2D eigenvalue weighted by Gasteiger charge is 2.06. The third kappa shape index (κ3) is 5.47. The summed E-state index contributed by atoms with van der Waals surface area (Å²) in [7, 11) is 0. The minimum atomic E-state index is 0.538. The van der Waals surface area contributed by atoms with Crippen molar-refractivity contribution in [1.29, 1.82) is 0 Å². The van der Waals surface area contributed by atoms with Crippen LogP contribution in [0.2, 0.25) is 0 Å². The molecular weight excluding hydrogens is 362 g/mol. The number of aryl methyl sites for hydroxylation is 1. The van der Waals surface area contributed by atoms with Gasteiger partial charge in [0, 0.05) is 11.4 Å². The summed E-state index contributed by atoms with van der Waals surface area (Å²) in [6.45, 7) is 7.10. The van der Waals surface area contributed by atoms with E-state index in [1.165, 1.54) is 11.1 Å². The van der Waals surface area contributed by atoms with Crippen LogP contribution in [-0.2, 0) is 0 Å². The zero-order valence-electron chi connectivity index (χ0n) is 15.2. The normalized spacial score (nSPS) is 10.9. The number of aromatic nitrogens is 2. The molecule has 1 N–H and O–H groups in total. The molecule has 0 fully saturated rings. The Balaban J connectivity index is 1.44. The van der Waals surface area contributed by atoms with Crippen LogP contribution in [0.25, 0.3) is 0 Å². The lowest BCUT2D eigenvalue weighted by atomic mass is 10.0. The molecule has 0 radical (unpaired) electrons. The first-order valence-electron chi connectivity index (χ1n) is 8.63. The number of rotatable bonds is 8. The minimum absolute atomic E-state index is 0.538. The van der Waals surface area contributed by atoms with Gasteiger partial charge >= 0.3 is 0 Å². The van der Waals surface area contributed by atoms with Crippen LogP contribution in [-0.4, -0.2) is 22.6 Å². The van der Waals surface area contributed by atoms with Crippen LogP contribution < -0.4 is 10.1 Å². The summed E-state index contributed by atoms with van der Waals surface area (Å²) in [5.74, 6) is 2.28. The van der Waals surface area contributed by atoms with Gasteiger partial charge in [-0.25, -0.2) is 0 Å². The molecule has 0 aliphatic carbocycles. The predicted molar refractivity (Wildman–Crippen MR) is 111 cm³/mol. The van der Waals surface area contributed by atoms with Crippen LogP contribution in [0, 0.1) is 6.92 Å². The molecule has 6 heteroatoms. The van der Waals surface area contributed by atoms with Crippen molar-refractivity contribution in [2.24, 2.45) is 0 Å². The highest BCUT2D eigenvalue weighted by Crippen LogP contribution is 2.28. The van der Waals surface area contributed by atoms with Crippen molar-refractivity contribution in [2.45, 2.75) is 31.0 Å². The topological polar surface area (TPSA) is 47.0 Å². The van der Waals surface area contributed by atoms with Crippen molar-refractivity contribution in [3.05, 3.63) is 59.7 Å². The molecule has 0 amide bonds. The Hall–Kier alpha value is -2.05. The first-order valence-corrected chi connectivity index (χ1v) is 10.4. The second-order valence-electron chi connectivity index (χ2n) is 6.28. The summed E-state index contributed by atoms with van der Waals surface area (Å²) in [4.78, 5) is 0. The van der Waals surface area contributed by atoms with Gasteiger partial charge in [0.15, 0.2) is 4.34 Å². The van der Waals surface area contributed by atoms with Crippen LogP contribution in [0.5, 0.6) is 5.75 Å². The van der Waals surface area contributed by atoms with E-state index < -0.39 is 0 Å². The molecule has 0 aliphatic rings. The van der Waals surface area contributed by atoms with E-state index >= 15 is 0 Å². The number of thioether (sulfide) groups is 1. The highest BCUT2D eigenvalue weighted by molar-refractivity contribution is 8.01. The maximum Gasteiger partial charge on any atom is 0.210 e. The van der Waals surface area contributed by atoms with E-state index in [-0.39, 0.29) is 0 Å². The molecule has 0 aliphatic heterocycles. The zero-order valence-corrected chi connectivity index (χ0v) is 16.9. The fourth-order valence-electron chi connectivity index (χ4n) is 2.32. The predicted octanol–water partition coefficient (Wildman–Crippen LogP) is 5.88. The summed E-state index contributed by atoms with van der Waals surface area (Å²) >= 11 is 3.22. The molecule has 0 bridgehead atoms. The molecule has 0 saturated carbocycles. The first kappa shape index (κ1) is 18.7. The third-order valence-corrected chi connectivity index (χ3v) is 5.77. The summed E-state index contributed by atoms with van der Waals surface area (Å²) < 4.78 is 6.68. The molecule has 2 aromatic carbocycles. The first-order chi connectivity index (χ1) is 12.6. The Morgan fingerprint density at radius 3 is 2.46 bits per heavy atom. The summed E-state index contributed by atoms with van der Waals surface area (Å²) in [6, 6.07) is 16.6. The lowest BCUT2D eigenvalue weighted by Gasteiger charge is -2.06. The van der Waals surface area contributed by atoms with E-state index in [2.05, 4.69) is 72.7 Å². The molecular formula is C20H23N3OS2. The Morgan fingerprint density at radius 1 is 1.04 bits per heavy atom. The Bertz CT molecular complexity index is 814. The quantitative estimate of drug-likeness (QED) is 0.387. The highest BCUT2D eigenvalue weighted by atomic mass is 32.2. The third-order valence-electron chi connectivity index (χ3n) is 3.83. The number of nitrogens with one attached hydrogen (secondary N) is 1. The van der Waals surface area contributed by atoms with E-state index in [9.17, 15) is 0 Å². The lowest BCUT2D eigenvalue weighted by Crippen LogP contribution is -1.99. The van der Waals surface area contributed by atoms with E-state index in [1.807, 2.05) is 12.1 Å². The summed E-state index contributed by atoms with van der Waals surface area (Å²) in [6.07, 6.45) is 0. The van der Waals surface area contributed by atoms with Crippen LogP contribution in [0.1, 0.15) is 30.9 Å². The van der Waals surface area contributed by atoms with Gasteiger partial charge in [-0.1, -0.05) is 66.8 Å². The molecule has 0 atom stereocenters. The molecule has 0 saturated heterocycles. The molecule has 136 valence electrons. The Morgan fingerprint density at radius 2 is 1.77 bits per heavy atom. The molecule has 3 aromatic rings. The van der Waals surface area contributed by atoms with Crippen molar-refractivity contribution in [2.75, 3.05) is 17.7 Å². The minimum Gasteiger partial charge on any atom is -0.493 e. The molecule has 0 unspecified atom stereocenters. The van der Waals surface area contributed by atoms with E-state index in [4.69, 9.17) is 4.74 Å². The Labute approximate surface area is 163 Å². The van der Waals surface area contributed by atoms with Crippen molar-refractivity contribution in [3.8, 4) is 5.75 Å². The van der Waals surface area contributed by atoms with Gasteiger partial charge in [0.05, 0.1) is 6.61 Å². The standard InChI is InChI=1S/C20H23N3OS2/c1-14(2)16-6-8-17(9-7-16)21-19-22-23-20(26-19)25-13-12-24-18-10-4-15(3)5-11-18/h4-11,14H,12-13H2,1-3H3,(H,21,22). The number of benzene rings is 2. The number of anilines is 2. The van der Waals surface area contributed by atoms with Gasteiger partial charge in [-0.05, 0) is 42.7 Å². The lowest BCUT2D eigenvalue weighted by molar-refractivity contribution is 0.344. The summed E-state index contributed by atoms with van der Waals surface area (Å²) in [5, 5.41) is 12.6. The SMILES string of the molecule is Cc1ccc(OCCSc2nnc(Nc3ccc(C(C)C)cc3)s2)cc1. The van der Waals surface area contributed by atoms with Gasteiger partial charge in [0.1, 0.15) is 5.75 Å². The molecule has 3 rings (SSSR count). The monoisotopic (exact) mass is 385 g/mol. The molecule has 1 aromatic heterocycles. The van der Waals surface area contributed by atoms with Gasteiger partial charge in [-0.3, -0.25) is 0 Å². The van der Waals surface area contributed by atoms with E-state index in [0.29, 0.717) is 12.5 Å². The number of hydrogen-bond acceptors (Lipinski definition) is 6. The summed E-state index contributed by atoms with van der Waals surface area (Å²) in [5.41, 5.74) is 3.60. The van der Waals surface area contributed by atoms with Crippen molar-refractivity contribution < 1.29 is 4.74 Å². The van der Waals surface area contributed by atoms with Gasteiger partial charge in [-0.2, -0.15) is 0 Å². The van der Waals surface area contributed by atoms with Crippen molar-refractivity contribution in [3.63, 3.8) is 0 Å². The van der Waals surface area contributed by atoms with Crippen LogP contribution in [0.3, 0.4) is 0 Å². The maximum atomic E-state index is 5.74. The second kappa shape index (κ2) is 9.05. The fourth-order valence-corrected chi connectivity index (χ4v) is 3.98. The average Bonchev–Trinajstić information content (AvgIpc) is 3.08. The number of nitrogens with zero attached hydrogens (tertiary/aromatic N) is 2. The maximum absolute atomic E-state index is 5.74. The van der Waals surface area contributed by atoms with Crippen LogP contribution >= 0.6 is 23.1 Å². The molecule has 0 spiro atoms. The molecule has 1 heterocycles. The van der Waals surface area contributed by atoms with E-state index in [1.54, 1.807) is 23.1 Å². The zero-order chi connectivity index (χ0) is 18.4. The van der Waals surface area contributed by atoms with Gasteiger partial charge in [0.25, 0.3) is 0 Å². The molecule has 4 nitrogen and oxygen atoms in total. The van der Waals surface area contributed by atoms with Gasteiger partial charge in [0.2, 0.25) is 5.13 Å². The van der Waals surface area contributed by atoms with E-state index in [0.717, 1.165) is 26.7 Å². The van der Waals surface area contributed by atoms with Crippen LogP contribution in [0.4, 0.5) is 10.8 Å². The van der Waals surface area contributed by atoms with Crippen molar-refractivity contribution >= 4 is 33.9 Å². The largest absolute Gasteiger partial charge is 0.493 e. The Kier molecular flexibility index (Phi) is 6.52. The second-order valence-corrected chi connectivity index (χ2v) is 8.60. The smallest absolute Gasteiger partial charge is 0.210 e. The fraction of sp³-hybridized carbons (Fsp3) is 0.300. The number of hydrogen-bond donors (Lipinski definition) is 1. The molecule has 26 heavy (non-hydrogen) atoms. The van der Waals surface area contributed by atoms with Crippen molar-refractivity contribution in [1.82, 2.24) is 10.2 Å². The van der Waals surface area contributed by atoms with Gasteiger partial charge < -0.3 is 10.1 Å². The average molecular weight is 386 g/mol. The van der Waals surface area contributed by atoms with Gasteiger partial charge in [-0.15, -0.1) is 10.2 Å². The number of ether oxygens (including phenoxy) is 1. The van der Waals surface area contributed by atoms with Crippen LogP contribution in [0.15, 0.2) is 52.9 Å².